The Labute approximate surface area is 104 Å². The molecule has 2 nitrogen and oxygen atoms in total. The minimum absolute atomic E-state index is 0.302. The molecular formula is C15H11FN2. The third kappa shape index (κ3) is 1.91. The van der Waals surface area contributed by atoms with Gasteiger partial charge in [-0.25, -0.2) is 4.39 Å². The number of rotatable bonds is 2. The van der Waals surface area contributed by atoms with Gasteiger partial charge in [0.15, 0.2) is 0 Å². The van der Waals surface area contributed by atoms with Crippen LogP contribution in [0, 0.1) is 5.82 Å². The quantitative estimate of drug-likeness (QED) is 0.726. The molecule has 3 rings (SSSR count). The molecule has 3 aromatic rings. The summed E-state index contributed by atoms with van der Waals surface area (Å²) in [6.45, 7) is 0. The molecule has 0 fully saturated rings. The number of anilines is 2. The van der Waals surface area contributed by atoms with Crippen LogP contribution in [0.25, 0.3) is 10.9 Å². The van der Waals surface area contributed by atoms with E-state index in [1.54, 1.807) is 12.3 Å². The molecule has 0 radical (unpaired) electrons. The normalized spacial score (nSPS) is 10.5. The number of halogens is 1. The van der Waals surface area contributed by atoms with E-state index < -0.39 is 0 Å². The molecule has 2 aromatic carbocycles. The van der Waals surface area contributed by atoms with Gasteiger partial charge in [0.1, 0.15) is 11.3 Å². The summed E-state index contributed by atoms with van der Waals surface area (Å²) in [4.78, 5) is 4.07. The highest BCUT2D eigenvalue weighted by Gasteiger charge is 2.05. The molecule has 0 aliphatic heterocycles. The fourth-order valence-corrected chi connectivity index (χ4v) is 1.93. The molecule has 0 unspecified atom stereocenters. The molecule has 0 aliphatic rings. The highest BCUT2D eigenvalue weighted by Crippen LogP contribution is 2.26. The minimum Gasteiger partial charge on any atom is -0.355 e. The van der Waals surface area contributed by atoms with Gasteiger partial charge in [-0.2, -0.15) is 0 Å². The number of nitrogens with zero attached hydrogens (tertiary/aromatic N) is 1. The van der Waals surface area contributed by atoms with Crippen LogP contribution in [-0.4, -0.2) is 4.98 Å². The molecular weight excluding hydrogens is 227 g/mol. The van der Waals surface area contributed by atoms with Crippen LogP contribution in [0.3, 0.4) is 0 Å². The second kappa shape index (κ2) is 4.45. The van der Waals surface area contributed by atoms with E-state index in [1.165, 1.54) is 6.07 Å². The highest BCUT2D eigenvalue weighted by molar-refractivity contribution is 5.93. The van der Waals surface area contributed by atoms with Crippen LogP contribution in [0.2, 0.25) is 0 Å². The van der Waals surface area contributed by atoms with E-state index in [9.17, 15) is 4.39 Å². The van der Waals surface area contributed by atoms with Gasteiger partial charge in [-0.1, -0.05) is 30.3 Å². The monoisotopic (exact) mass is 238 g/mol. The van der Waals surface area contributed by atoms with Gasteiger partial charge < -0.3 is 5.32 Å². The van der Waals surface area contributed by atoms with E-state index in [1.807, 2.05) is 42.5 Å². The fraction of sp³-hybridized carbons (Fsp3) is 0. The van der Waals surface area contributed by atoms with Crippen LogP contribution >= 0.6 is 0 Å². The van der Waals surface area contributed by atoms with Crippen molar-refractivity contribution in [1.82, 2.24) is 4.98 Å². The third-order valence-corrected chi connectivity index (χ3v) is 2.77. The first-order valence-electron chi connectivity index (χ1n) is 5.70. The summed E-state index contributed by atoms with van der Waals surface area (Å²) >= 11 is 0. The van der Waals surface area contributed by atoms with Crippen molar-refractivity contribution in [2.24, 2.45) is 0 Å². The molecule has 0 spiro atoms. The summed E-state index contributed by atoms with van der Waals surface area (Å²) in [6, 6.07) is 16.6. The molecule has 88 valence electrons. The summed E-state index contributed by atoms with van der Waals surface area (Å²) in [5.74, 6) is -0.302. The molecule has 1 N–H and O–H groups in total. The van der Waals surface area contributed by atoms with Crippen molar-refractivity contribution >= 4 is 22.3 Å². The lowest BCUT2D eigenvalue weighted by atomic mass is 10.1. The number of aromatic nitrogens is 1. The molecule has 0 amide bonds. The summed E-state index contributed by atoms with van der Waals surface area (Å²) in [7, 11) is 0. The van der Waals surface area contributed by atoms with Crippen molar-refractivity contribution in [2.45, 2.75) is 0 Å². The standard InChI is InChI=1S/C15H11FN2/c16-13-8-4-7-12-14(9-10-17-15(12)13)18-11-5-2-1-3-6-11/h1-10H,(H,17,18). The number of benzene rings is 2. The largest absolute Gasteiger partial charge is 0.355 e. The summed E-state index contributed by atoms with van der Waals surface area (Å²) in [6.07, 6.45) is 1.61. The van der Waals surface area contributed by atoms with E-state index in [0.29, 0.717) is 5.52 Å². The molecule has 0 atom stereocenters. The van der Waals surface area contributed by atoms with Gasteiger partial charge in [0.25, 0.3) is 0 Å². The molecule has 1 aromatic heterocycles. The molecule has 0 aliphatic carbocycles. The maximum Gasteiger partial charge on any atom is 0.149 e. The predicted molar refractivity (Wildman–Crippen MR) is 71.4 cm³/mol. The van der Waals surface area contributed by atoms with Crippen molar-refractivity contribution < 1.29 is 4.39 Å². The van der Waals surface area contributed by atoms with Gasteiger partial charge in [-0.3, -0.25) is 4.98 Å². The molecule has 1 heterocycles. The number of hydrogen-bond acceptors (Lipinski definition) is 2. The van der Waals surface area contributed by atoms with E-state index in [0.717, 1.165) is 16.8 Å². The lowest BCUT2D eigenvalue weighted by Crippen LogP contribution is -1.93. The Morgan fingerprint density at radius 1 is 0.889 bits per heavy atom. The number of para-hydroxylation sites is 2. The zero-order chi connectivity index (χ0) is 12.4. The number of pyridine rings is 1. The van der Waals surface area contributed by atoms with Crippen LogP contribution in [0.5, 0.6) is 0 Å². The molecule has 3 heteroatoms. The van der Waals surface area contributed by atoms with Gasteiger partial charge in [0.2, 0.25) is 0 Å². The third-order valence-electron chi connectivity index (χ3n) is 2.77. The van der Waals surface area contributed by atoms with Crippen LogP contribution < -0.4 is 5.32 Å². The molecule has 0 saturated carbocycles. The summed E-state index contributed by atoms with van der Waals surface area (Å²) in [5.41, 5.74) is 2.21. The highest BCUT2D eigenvalue weighted by atomic mass is 19.1. The first-order chi connectivity index (χ1) is 8.84. The lowest BCUT2D eigenvalue weighted by Gasteiger charge is -2.09. The Balaban J connectivity index is 2.10. The van der Waals surface area contributed by atoms with Crippen LogP contribution in [0.1, 0.15) is 0 Å². The topological polar surface area (TPSA) is 24.9 Å². The van der Waals surface area contributed by atoms with E-state index in [4.69, 9.17) is 0 Å². The Morgan fingerprint density at radius 3 is 2.56 bits per heavy atom. The van der Waals surface area contributed by atoms with Gasteiger partial charge in [0, 0.05) is 23.0 Å². The maximum absolute atomic E-state index is 13.6. The summed E-state index contributed by atoms with van der Waals surface area (Å²) in [5, 5.41) is 4.05. The predicted octanol–water partition coefficient (Wildman–Crippen LogP) is 4.12. The average molecular weight is 238 g/mol. The second-order valence-electron chi connectivity index (χ2n) is 3.99. The Hall–Kier alpha value is -2.42. The Bertz CT molecular complexity index is 680. The fourth-order valence-electron chi connectivity index (χ4n) is 1.93. The molecule has 18 heavy (non-hydrogen) atoms. The van der Waals surface area contributed by atoms with E-state index in [2.05, 4.69) is 10.3 Å². The SMILES string of the molecule is Fc1cccc2c(Nc3ccccc3)ccnc12. The van der Waals surface area contributed by atoms with Crippen LogP contribution in [0.4, 0.5) is 15.8 Å². The lowest BCUT2D eigenvalue weighted by molar-refractivity contribution is 0.637. The van der Waals surface area contributed by atoms with Crippen LogP contribution in [-0.2, 0) is 0 Å². The van der Waals surface area contributed by atoms with Crippen molar-refractivity contribution in [1.29, 1.82) is 0 Å². The van der Waals surface area contributed by atoms with Gasteiger partial charge in [-0.15, -0.1) is 0 Å². The number of nitrogens with one attached hydrogen (secondary N) is 1. The van der Waals surface area contributed by atoms with Crippen molar-refractivity contribution in [3.05, 3.63) is 66.6 Å². The van der Waals surface area contributed by atoms with Crippen LogP contribution in [0.15, 0.2) is 60.8 Å². The summed E-state index contributed by atoms with van der Waals surface area (Å²) < 4.78 is 13.6. The smallest absolute Gasteiger partial charge is 0.149 e. The van der Waals surface area contributed by atoms with Crippen molar-refractivity contribution in [3.63, 3.8) is 0 Å². The first kappa shape index (κ1) is 10.7. The van der Waals surface area contributed by atoms with Crippen molar-refractivity contribution in [3.8, 4) is 0 Å². The molecule has 0 saturated heterocycles. The second-order valence-corrected chi connectivity index (χ2v) is 3.99. The zero-order valence-corrected chi connectivity index (χ0v) is 9.60. The average Bonchev–Trinajstić information content (AvgIpc) is 2.41. The van der Waals surface area contributed by atoms with Gasteiger partial charge >= 0.3 is 0 Å². The van der Waals surface area contributed by atoms with Gasteiger partial charge in [0.05, 0.1) is 0 Å². The Morgan fingerprint density at radius 2 is 1.72 bits per heavy atom. The molecule has 0 bridgehead atoms. The van der Waals surface area contributed by atoms with Gasteiger partial charge in [-0.05, 0) is 24.3 Å². The van der Waals surface area contributed by atoms with Crippen molar-refractivity contribution in [2.75, 3.05) is 5.32 Å². The van der Waals surface area contributed by atoms with E-state index >= 15 is 0 Å². The maximum atomic E-state index is 13.6. The van der Waals surface area contributed by atoms with E-state index in [-0.39, 0.29) is 5.82 Å². The number of hydrogen-bond donors (Lipinski definition) is 1. The number of fused-ring (bicyclic) bond motifs is 1. The minimum atomic E-state index is -0.302. The Kier molecular flexibility index (Phi) is 2.65. The first-order valence-corrected chi connectivity index (χ1v) is 5.70. The zero-order valence-electron chi connectivity index (χ0n) is 9.60.